The van der Waals surface area contributed by atoms with Crippen molar-refractivity contribution in [2.45, 2.75) is 115 Å². The van der Waals surface area contributed by atoms with Crippen LogP contribution in [0.1, 0.15) is 78.1 Å². The highest BCUT2D eigenvalue weighted by Crippen LogP contribution is 2.43. The summed E-state index contributed by atoms with van der Waals surface area (Å²) in [5.41, 5.74) is 0. The van der Waals surface area contributed by atoms with Crippen LogP contribution in [0.25, 0.3) is 0 Å². The number of carbonyl (C=O) groups is 1. The molecule has 2 saturated carbocycles. The first kappa shape index (κ1) is 28.6. The molecule has 2 aliphatic carbocycles. The molecule has 4 aliphatic rings. The number of halogens is 5. The van der Waals surface area contributed by atoms with E-state index in [0.717, 1.165) is 44.6 Å². The van der Waals surface area contributed by atoms with Crippen LogP contribution in [0.3, 0.4) is 0 Å². The van der Waals surface area contributed by atoms with Gasteiger partial charge in [0.25, 0.3) is 0 Å². The van der Waals surface area contributed by atoms with E-state index in [0.29, 0.717) is 25.7 Å². The van der Waals surface area contributed by atoms with Crippen molar-refractivity contribution in [2.24, 2.45) is 34.6 Å². The molecule has 2 aliphatic heterocycles. The standard InChI is InChI=1S/C27H43F5N4O/c1-15-10-19(28)6-7-20(15)23-11-17(14-34-25-4-3-9-33-25)12-24(36-23)26(37)35-16(2)18-5-8-22(29)21(13-18)27(30,31)32/h15-24,36H,3-14H2,1-2H3,(H,33,34)(H,35,37)/t15?,16-,17?,18?,19?,20?,21?,22?,23?,24?/m0/s1. The van der Waals surface area contributed by atoms with Crippen LogP contribution in [-0.4, -0.2) is 61.5 Å². The average molecular weight is 535 g/mol. The first-order valence-corrected chi connectivity index (χ1v) is 14.2. The van der Waals surface area contributed by atoms with Crippen LogP contribution in [0.5, 0.6) is 0 Å². The van der Waals surface area contributed by atoms with E-state index in [4.69, 9.17) is 0 Å². The van der Waals surface area contributed by atoms with Crippen LogP contribution >= 0.6 is 0 Å². The molecule has 0 bridgehead atoms. The molecule has 3 fully saturated rings. The molecule has 9 unspecified atom stereocenters. The lowest BCUT2D eigenvalue weighted by molar-refractivity contribution is -0.203. The SMILES string of the molecule is CC1CC(F)CCC1C1CC(CNC2=NCCC2)CC(C(=O)N[C@@H](C)C2CCC(F)C(C(F)(F)F)C2)N1. The highest BCUT2D eigenvalue weighted by Gasteiger charge is 2.49. The summed E-state index contributed by atoms with van der Waals surface area (Å²) in [5, 5.41) is 9.97. The molecular formula is C27H43F5N4O. The summed E-state index contributed by atoms with van der Waals surface area (Å²) in [4.78, 5) is 17.9. The third-order valence-electron chi connectivity index (χ3n) is 9.35. The second-order valence-corrected chi connectivity index (χ2v) is 12.1. The molecule has 37 heavy (non-hydrogen) atoms. The number of aliphatic imine (C=N–C) groups is 1. The first-order chi connectivity index (χ1) is 17.5. The minimum Gasteiger partial charge on any atom is -0.374 e. The summed E-state index contributed by atoms with van der Waals surface area (Å²) >= 11 is 0. The lowest BCUT2D eigenvalue weighted by Crippen LogP contribution is -2.59. The molecule has 1 amide bonds. The Morgan fingerprint density at radius 1 is 1.11 bits per heavy atom. The molecule has 5 nitrogen and oxygen atoms in total. The van der Waals surface area contributed by atoms with Gasteiger partial charge < -0.3 is 16.0 Å². The minimum atomic E-state index is -4.57. The van der Waals surface area contributed by atoms with Gasteiger partial charge >= 0.3 is 6.18 Å². The predicted molar refractivity (Wildman–Crippen MR) is 134 cm³/mol. The first-order valence-electron chi connectivity index (χ1n) is 14.2. The maximum atomic E-state index is 14.0. The van der Waals surface area contributed by atoms with Crippen molar-refractivity contribution >= 4 is 11.7 Å². The maximum Gasteiger partial charge on any atom is 0.394 e. The Balaban J connectivity index is 1.39. The molecule has 4 rings (SSSR count). The van der Waals surface area contributed by atoms with E-state index >= 15 is 0 Å². The van der Waals surface area contributed by atoms with E-state index in [2.05, 4.69) is 27.9 Å². The lowest BCUT2D eigenvalue weighted by atomic mass is 9.71. The van der Waals surface area contributed by atoms with Gasteiger partial charge in [-0.2, -0.15) is 13.2 Å². The quantitative estimate of drug-likeness (QED) is 0.416. The zero-order valence-corrected chi connectivity index (χ0v) is 22.0. The number of amides is 1. The van der Waals surface area contributed by atoms with Gasteiger partial charge in [-0.3, -0.25) is 9.79 Å². The molecule has 10 atom stereocenters. The van der Waals surface area contributed by atoms with Crippen LogP contribution in [0.15, 0.2) is 4.99 Å². The molecule has 10 heteroatoms. The maximum absolute atomic E-state index is 14.0. The number of hydrogen-bond donors (Lipinski definition) is 3. The Labute approximate surface area is 217 Å². The van der Waals surface area contributed by atoms with Crippen molar-refractivity contribution in [3.05, 3.63) is 0 Å². The smallest absolute Gasteiger partial charge is 0.374 e. The molecule has 0 aromatic carbocycles. The summed E-state index contributed by atoms with van der Waals surface area (Å²) in [5.74, 6) is -0.864. The van der Waals surface area contributed by atoms with E-state index in [-0.39, 0.29) is 42.5 Å². The fourth-order valence-corrected chi connectivity index (χ4v) is 7.13. The second kappa shape index (κ2) is 12.2. The molecule has 212 valence electrons. The number of alkyl halides is 5. The van der Waals surface area contributed by atoms with Gasteiger partial charge in [-0.25, -0.2) is 8.78 Å². The van der Waals surface area contributed by atoms with Crippen LogP contribution in [0.2, 0.25) is 0 Å². The molecule has 3 N–H and O–H groups in total. The van der Waals surface area contributed by atoms with E-state index < -0.39 is 42.4 Å². The van der Waals surface area contributed by atoms with Gasteiger partial charge in [0.2, 0.25) is 5.91 Å². The van der Waals surface area contributed by atoms with Gasteiger partial charge in [-0.1, -0.05) is 6.92 Å². The van der Waals surface area contributed by atoms with Crippen molar-refractivity contribution in [2.75, 3.05) is 13.1 Å². The van der Waals surface area contributed by atoms with Crippen LogP contribution in [-0.2, 0) is 4.79 Å². The number of nitrogens with zero attached hydrogens (tertiary/aromatic N) is 1. The summed E-state index contributed by atoms with van der Waals surface area (Å²) < 4.78 is 67.9. The lowest BCUT2D eigenvalue weighted by Gasteiger charge is -2.44. The number of carbonyl (C=O) groups excluding carboxylic acids is 1. The molecular weight excluding hydrogens is 491 g/mol. The minimum absolute atomic E-state index is 0.0798. The third kappa shape index (κ3) is 7.35. The van der Waals surface area contributed by atoms with E-state index in [1.54, 1.807) is 6.92 Å². The molecule has 0 radical (unpaired) electrons. The van der Waals surface area contributed by atoms with Crippen LogP contribution in [0, 0.1) is 29.6 Å². The van der Waals surface area contributed by atoms with Gasteiger partial charge in [0.05, 0.1) is 17.8 Å². The highest BCUT2D eigenvalue weighted by atomic mass is 19.4. The number of amidine groups is 1. The molecule has 1 saturated heterocycles. The van der Waals surface area contributed by atoms with Crippen LogP contribution < -0.4 is 16.0 Å². The Kier molecular flexibility index (Phi) is 9.39. The van der Waals surface area contributed by atoms with E-state index in [1.807, 2.05) is 0 Å². The largest absolute Gasteiger partial charge is 0.394 e. The molecule has 0 aromatic rings. The van der Waals surface area contributed by atoms with Gasteiger partial charge in [0.1, 0.15) is 12.3 Å². The Morgan fingerprint density at radius 3 is 2.57 bits per heavy atom. The Bertz CT molecular complexity index is 808. The van der Waals surface area contributed by atoms with Gasteiger partial charge in [-0.05, 0) is 88.4 Å². The molecule has 0 spiro atoms. The predicted octanol–water partition coefficient (Wildman–Crippen LogP) is 5.10. The topological polar surface area (TPSA) is 65.5 Å². The van der Waals surface area contributed by atoms with Crippen molar-refractivity contribution < 1.29 is 26.7 Å². The highest BCUT2D eigenvalue weighted by molar-refractivity contribution is 5.83. The zero-order valence-electron chi connectivity index (χ0n) is 22.0. The number of hydrogen-bond acceptors (Lipinski definition) is 4. The summed E-state index contributed by atoms with van der Waals surface area (Å²) in [6.45, 7) is 5.37. The number of rotatable bonds is 6. The molecule has 2 heterocycles. The van der Waals surface area contributed by atoms with Crippen molar-refractivity contribution in [3.8, 4) is 0 Å². The van der Waals surface area contributed by atoms with Crippen molar-refractivity contribution in [1.29, 1.82) is 0 Å². The fraction of sp³-hybridized carbons (Fsp3) is 0.926. The summed E-state index contributed by atoms with van der Waals surface area (Å²) in [6.07, 6.45) is -1.98. The van der Waals surface area contributed by atoms with E-state index in [1.165, 1.54) is 0 Å². The summed E-state index contributed by atoms with van der Waals surface area (Å²) in [6, 6.07) is -0.863. The summed E-state index contributed by atoms with van der Waals surface area (Å²) in [7, 11) is 0. The van der Waals surface area contributed by atoms with E-state index in [9.17, 15) is 26.7 Å². The van der Waals surface area contributed by atoms with Gasteiger partial charge in [0.15, 0.2) is 0 Å². The third-order valence-corrected chi connectivity index (χ3v) is 9.35. The fourth-order valence-electron chi connectivity index (χ4n) is 7.13. The number of piperidine rings is 1. The van der Waals surface area contributed by atoms with Crippen molar-refractivity contribution in [1.82, 2.24) is 16.0 Å². The monoisotopic (exact) mass is 534 g/mol. The second-order valence-electron chi connectivity index (χ2n) is 12.1. The zero-order chi connectivity index (χ0) is 26.7. The molecule has 0 aromatic heterocycles. The number of nitrogens with one attached hydrogen (secondary N) is 3. The van der Waals surface area contributed by atoms with Crippen molar-refractivity contribution in [3.63, 3.8) is 0 Å². The average Bonchev–Trinajstić information content (AvgIpc) is 3.36. The Hall–Kier alpha value is -1.45. The normalized spacial score (nSPS) is 40.1. The van der Waals surface area contributed by atoms with Crippen LogP contribution in [0.4, 0.5) is 22.0 Å². The van der Waals surface area contributed by atoms with Gasteiger partial charge in [0, 0.05) is 31.6 Å². The Morgan fingerprint density at radius 2 is 1.89 bits per heavy atom. The van der Waals surface area contributed by atoms with Gasteiger partial charge in [-0.15, -0.1) is 0 Å².